The Morgan fingerprint density at radius 2 is 2.00 bits per heavy atom. The lowest BCUT2D eigenvalue weighted by molar-refractivity contribution is -0.117. The predicted molar refractivity (Wildman–Crippen MR) is 114 cm³/mol. The average Bonchev–Trinajstić information content (AvgIpc) is 3.31. The predicted octanol–water partition coefficient (Wildman–Crippen LogP) is 3.70. The minimum Gasteiger partial charge on any atom is -0.497 e. The highest BCUT2D eigenvalue weighted by Gasteiger charge is 2.21. The topological polar surface area (TPSA) is 83.4 Å². The van der Waals surface area contributed by atoms with Crippen molar-refractivity contribution in [3.05, 3.63) is 70.8 Å². The third-order valence-electron chi connectivity index (χ3n) is 5.12. The van der Waals surface area contributed by atoms with Gasteiger partial charge in [-0.15, -0.1) is 0 Å². The van der Waals surface area contributed by atoms with E-state index in [1.165, 1.54) is 0 Å². The van der Waals surface area contributed by atoms with E-state index < -0.39 is 0 Å². The number of ether oxygens (including phenoxy) is 1. The molecule has 0 radical (unpaired) electrons. The summed E-state index contributed by atoms with van der Waals surface area (Å²) < 4.78 is 12.5. The normalized spacial score (nSPS) is 10.8. The molecular formula is C23H26N4O3. The lowest BCUT2D eigenvalue weighted by atomic mass is 10.2. The number of hydrogen-bond donors (Lipinski definition) is 1. The van der Waals surface area contributed by atoms with Crippen molar-refractivity contribution in [1.82, 2.24) is 9.47 Å². The van der Waals surface area contributed by atoms with Crippen LogP contribution in [0.4, 0.5) is 5.82 Å². The van der Waals surface area contributed by atoms with Gasteiger partial charge in [-0.3, -0.25) is 9.69 Å². The Labute approximate surface area is 176 Å². The zero-order chi connectivity index (χ0) is 21.7. The number of amides is 1. The van der Waals surface area contributed by atoms with Gasteiger partial charge in [-0.05, 0) is 56.3 Å². The highest BCUT2D eigenvalue weighted by Crippen LogP contribution is 2.27. The summed E-state index contributed by atoms with van der Waals surface area (Å²) in [5.74, 6) is 1.88. The van der Waals surface area contributed by atoms with Crippen LogP contribution in [0.15, 0.2) is 47.1 Å². The molecule has 0 aliphatic carbocycles. The maximum atomic E-state index is 12.7. The second-order valence-corrected chi connectivity index (χ2v) is 7.28. The van der Waals surface area contributed by atoms with Crippen LogP contribution in [0.5, 0.6) is 5.75 Å². The Kier molecular flexibility index (Phi) is 6.60. The Hall–Kier alpha value is -3.50. The summed E-state index contributed by atoms with van der Waals surface area (Å²) in [6.07, 6.45) is 1.61. The first-order valence-electron chi connectivity index (χ1n) is 9.66. The van der Waals surface area contributed by atoms with Crippen molar-refractivity contribution < 1.29 is 13.9 Å². The van der Waals surface area contributed by atoms with Crippen molar-refractivity contribution in [1.29, 1.82) is 5.26 Å². The number of methoxy groups -OCH3 is 1. The van der Waals surface area contributed by atoms with E-state index in [-0.39, 0.29) is 12.5 Å². The number of likely N-dealkylation sites (N-methyl/N-ethyl adjacent to an activating group) is 1. The number of hydrogen-bond acceptors (Lipinski definition) is 5. The molecule has 0 saturated carbocycles. The van der Waals surface area contributed by atoms with Crippen LogP contribution in [0.25, 0.3) is 0 Å². The molecule has 1 N–H and O–H groups in total. The number of anilines is 1. The van der Waals surface area contributed by atoms with Crippen LogP contribution in [-0.4, -0.2) is 36.1 Å². The fraction of sp³-hybridized carbons (Fsp3) is 0.304. The van der Waals surface area contributed by atoms with Crippen LogP contribution in [0, 0.1) is 25.2 Å². The molecule has 7 heteroatoms. The molecule has 0 aliphatic rings. The van der Waals surface area contributed by atoms with Crippen molar-refractivity contribution >= 4 is 11.7 Å². The molecule has 156 valence electrons. The first kappa shape index (κ1) is 21.2. The molecular weight excluding hydrogens is 380 g/mol. The smallest absolute Gasteiger partial charge is 0.239 e. The van der Waals surface area contributed by atoms with Crippen LogP contribution in [0.1, 0.15) is 28.1 Å². The van der Waals surface area contributed by atoms with E-state index in [1.54, 1.807) is 13.4 Å². The SMILES string of the molecule is COc1ccc(CN(C)CC(=O)Nc2c(C#N)c(C)c(C)n2Cc2ccco2)cc1. The van der Waals surface area contributed by atoms with Crippen molar-refractivity contribution in [2.24, 2.45) is 0 Å². The number of benzene rings is 1. The Morgan fingerprint density at radius 1 is 1.27 bits per heavy atom. The van der Waals surface area contributed by atoms with E-state index in [2.05, 4.69) is 11.4 Å². The zero-order valence-corrected chi connectivity index (χ0v) is 17.7. The molecule has 3 aromatic rings. The molecule has 0 atom stereocenters. The van der Waals surface area contributed by atoms with E-state index in [9.17, 15) is 10.1 Å². The largest absolute Gasteiger partial charge is 0.497 e. The molecule has 1 amide bonds. The van der Waals surface area contributed by atoms with Crippen molar-refractivity contribution in [2.45, 2.75) is 26.9 Å². The standard InChI is InChI=1S/C23H26N4O3/c1-16-17(2)27(14-20-6-5-11-30-20)23(21(16)12-24)25-22(28)15-26(3)13-18-7-9-19(29-4)10-8-18/h5-11H,13-15H2,1-4H3,(H,25,28). The van der Waals surface area contributed by atoms with Gasteiger partial charge in [-0.1, -0.05) is 12.1 Å². The number of nitriles is 1. The number of nitrogens with one attached hydrogen (secondary N) is 1. The highest BCUT2D eigenvalue weighted by molar-refractivity contribution is 5.93. The molecule has 3 rings (SSSR count). The summed E-state index contributed by atoms with van der Waals surface area (Å²) >= 11 is 0. The van der Waals surface area contributed by atoms with Gasteiger partial charge in [0.25, 0.3) is 0 Å². The maximum Gasteiger partial charge on any atom is 0.239 e. The van der Waals surface area contributed by atoms with Gasteiger partial charge < -0.3 is 19.0 Å². The quantitative estimate of drug-likeness (QED) is 0.617. The van der Waals surface area contributed by atoms with Crippen LogP contribution >= 0.6 is 0 Å². The Balaban J connectivity index is 1.72. The van der Waals surface area contributed by atoms with E-state index in [0.717, 1.165) is 28.3 Å². The summed E-state index contributed by atoms with van der Waals surface area (Å²) in [7, 11) is 3.51. The summed E-state index contributed by atoms with van der Waals surface area (Å²) in [6.45, 7) is 5.08. The molecule has 0 bridgehead atoms. The number of carbonyl (C=O) groups excluding carboxylic acids is 1. The Bertz CT molecular complexity index is 1040. The second kappa shape index (κ2) is 9.33. The van der Waals surface area contributed by atoms with E-state index in [1.807, 2.05) is 66.8 Å². The number of carbonyl (C=O) groups is 1. The summed E-state index contributed by atoms with van der Waals surface area (Å²) in [5, 5.41) is 12.6. The average molecular weight is 406 g/mol. The molecule has 2 heterocycles. The highest BCUT2D eigenvalue weighted by atomic mass is 16.5. The van der Waals surface area contributed by atoms with Gasteiger partial charge in [0.15, 0.2) is 0 Å². The molecule has 0 fully saturated rings. The maximum absolute atomic E-state index is 12.7. The van der Waals surface area contributed by atoms with Crippen LogP contribution in [0.3, 0.4) is 0 Å². The number of rotatable bonds is 8. The fourth-order valence-corrected chi connectivity index (χ4v) is 3.40. The first-order valence-corrected chi connectivity index (χ1v) is 9.66. The van der Waals surface area contributed by atoms with Gasteiger partial charge in [0.2, 0.25) is 5.91 Å². The van der Waals surface area contributed by atoms with Gasteiger partial charge in [-0.25, -0.2) is 0 Å². The van der Waals surface area contributed by atoms with Crippen LogP contribution < -0.4 is 10.1 Å². The van der Waals surface area contributed by atoms with E-state index in [0.29, 0.717) is 24.5 Å². The van der Waals surface area contributed by atoms with E-state index >= 15 is 0 Å². The van der Waals surface area contributed by atoms with Crippen molar-refractivity contribution in [3.8, 4) is 11.8 Å². The molecule has 0 spiro atoms. The third kappa shape index (κ3) is 4.73. The number of furan rings is 1. The van der Waals surface area contributed by atoms with Crippen molar-refractivity contribution in [2.75, 3.05) is 26.0 Å². The molecule has 0 unspecified atom stereocenters. The molecule has 7 nitrogen and oxygen atoms in total. The molecule has 2 aromatic heterocycles. The molecule has 0 aliphatic heterocycles. The van der Waals surface area contributed by atoms with Gasteiger partial charge in [-0.2, -0.15) is 5.26 Å². The minimum atomic E-state index is -0.180. The monoisotopic (exact) mass is 406 g/mol. The number of nitrogens with zero attached hydrogens (tertiary/aromatic N) is 3. The lowest BCUT2D eigenvalue weighted by Crippen LogP contribution is -2.30. The van der Waals surface area contributed by atoms with Gasteiger partial charge in [0.05, 0.1) is 32.0 Å². The van der Waals surface area contributed by atoms with Gasteiger partial charge >= 0.3 is 0 Å². The summed E-state index contributed by atoms with van der Waals surface area (Å²) in [6, 6.07) is 13.7. The molecule has 30 heavy (non-hydrogen) atoms. The van der Waals surface area contributed by atoms with Gasteiger partial charge in [0.1, 0.15) is 23.4 Å². The molecule has 1 aromatic carbocycles. The first-order chi connectivity index (χ1) is 14.4. The minimum absolute atomic E-state index is 0.180. The Morgan fingerprint density at radius 3 is 2.60 bits per heavy atom. The van der Waals surface area contributed by atoms with E-state index in [4.69, 9.17) is 9.15 Å². The van der Waals surface area contributed by atoms with Gasteiger partial charge in [0, 0.05) is 12.2 Å². The van der Waals surface area contributed by atoms with Crippen molar-refractivity contribution in [3.63, 3.8) is 0 Å². The van der Waals surface area contributed by atoms with Crippen LogP contribution in [-0.2, 0) is 17.9 Å². The molecule has 0 saturated heterocycles. The van der Waals surface area contributed by atoms with Crippen LogP contribution in [0.2, 0.25) is 0 Å². The number of aromatic nitrogens is 1. The summed E-state index contributed by atoms with van der Waals surface area (Å²) in [5.41, 5.74) is 3.33. The third-order valence-corrected chi connectivity index (χ3v) is 5.12. The lowest BCUT2D eigenvalue weighted by Gasteiger charge is -2.18. The zero-order valence-electron chi connectivity index (χ0n) is 17.7. The fourth-order valence-electron chi connectivity index (χ4n) is 3.40. The summed E-state index contributed by atoms with van der Waals surface area (Å²) in [4.78, 5) is 14.7. The second-order valence-electron chi connectivity index (χ2n) is 7.28.